The Morgan fingerprint density at radius 1 is 1.69 bits per heavy atom. The van der Waals surface area contributed by atoms with Gasteiger partial charge in [0.1, 0.15) is 5.78 Å². The van der Waals surface area contributed by atoms with E-state index in [1.165, 1.54) is 0 Å². The van der Waals surface area contributed by atoms with Crippen molar-refractivity contribution in [2.75, 3.05) is 13.6 Å². The Hall–Kier alpha value is -0.880. The highest BCUT2D eigenvalue weighted by molar-refractivity contribution is 5.82. The second-order valence-electron chi connectivity index (χ2n) is 3.85. The van der Waals surface area contributed by atoms with E-state index in [4.69, 9.17) is 5.26 Å². The van der Waals surface area contributed by atoms with Crippen LogP contribution in [0.4, 0.5) is 0 Å². The number of carbonyl (C=O) groups is 1. The van der Waals surface area contributed by atoms with Gasteiger partial charge in [0.15, 0.2) is 0 Å². The highest BCUT2D eigenvalue weighted by Gasteiger charge is 2.29. The Morgan fingerprint density at radius 3 is 3.00 bits per heavy atom. The number of hydrogen-bond acceptors (Lipinski definition) is 3. The van der Waals surface area contributed by atoms with Crippen molar-refractivity contribution >= 4 is 5.78 Å². The first kappa shape index (κ1) is 10.2. The second kappa shape index (κ2) is 4.38. The van der Waals surface area contributed by atoms with Crippen LogP contribution in [0.3, 0.4) is 0 Å². The van der Waals surface area contributed by atoms with Crippen LogP contribution in [0.15, 0.2) is 0 Å². The summed E-state index contributed by atoms with van der Waals surface area (Å²) in [6.45, 7) is 2.89. The molecule has 0 aromatic carbocycles. The van der Waals surface area contributed by atoms with Gasteiger partial charge in [-0.25, -0.2) is 0 Å². The molecule has 0 N–H and O–H groups in total. The standard InChI is InChI=1S/C10H16N2O/c1-8-6-10(13)9(4-3-5-11)7-12(8)2/h8-9H,3-4,6-7H2,1-2H3. The van der Waals surface area contributed by atoms with Gasteiger partial charge < -0.3 is 4.90 Å². The molecule has 0 saturated carbocycles. The van der Waals surface area contributed by atoms with Crippen LogP contribution in [0, 0.1) is 17.2 Å². The van der Waals surface area contributed by atoms with Crippen LogP contribution in [-0.2, 0) is 4.79 Å². The fourth-order valence-corrected chi connectivity index (χ4v) is 1.73. The van der Waals surface area contributed by atoms with Gasteiger partial charge in [0.25, 0.3) is 0 Å². The number of ketones is 1. The van der Waals surface area contributed by atoms with Crippen molar-refractivity contribution in [2.45, 2.75) is 32.2 Å². The maximum Gasteiger partial charge on any atom is 0.138 e. The molecule has 0 aromatic heterocycles. The fourth-order valence-electron chi connectivity index (χ4n) is 1.73. The summed E-state index contributed by atoms with van der Waals surface area (Å²) in [5.74, 6) is 0.432. The number of piperidine rings is 1. The van der Waals surface area contributed by atoms with E-state index in [1.54, 1.807) is 0 Å². The minimum Gasteiger partial charge on any atom is -0.303 e. The smallest absolute Gasteiger partial charge is 0.138 e. The highest BCUT2D eigenvalue weighted by atomic mass is 16.1. The average molecular weight is 180 g/mol. The number of hydrogen-bond donors (Lipinski definition) is 0. The van der Waals surface area contributed by atoms with Gasteiger partial charge in [-0.05, 0) is 20.4 Å². The molecule has 1 aliphatic heterocycles. The van der Waals surface area contributed by atoms with Gasteiger partial charge in [-0.2, -0.15) is 5.26 Å². The van der Waals surface area contributed by atoms with E-state index in [0.29, 0.717) is 24.7 Å². The van der Waals surface area contributed by atoms with Gasteiger partial charge in [-0.1, -0.05) is 0 Å². The van der Waals surface area contributed by atoms with E-state index in [0.717, 1.165) is 13.0 Å². The first-order chi connectivity index (χ1) is 6.15. The average Bonchev–Trinajstić information content (AvgIpc) is 2.09. The number of Topliss-reactive ketones (excluding diaryl/α,β-unsaturated/α-hetero) is 1. The SMILES string of the molecule is CC1CC(=O)C(CCC#N)CN1C. The van der Waals surface area contributed by atoms with Crippen molar-refractivity contribution in [3.05, 3.63) is 0 Å². The van der Waals surface area contributed by atoms with Crippen molar-refractivity contribution in [1.29, 1.82) is 5.26 Å². The van der Waals surface area contributed by atoms with Crippen LogP contribution in [0.2, 0.25) is 0 Å². The normalized spacial score (nSPS) is 30.1. The van der Waals surface area contributed by atoms with E-state index in [2.05, 4.69) is 17.9 Å². The maximum absolute atomic E-state index is 11.5. The minimum atomic E-state index is 0.0980. The number of nitrogens with zero attached hydrogens (tertiary/aromatic N) is 2. The summed E-state index contributed by atoms with van der Waals surface area (Å²) in [5, 5.41) is 8.43. The number of carbonyl (C=O) groups excluding carboxylic acids is 1. The molecule has 0 aromatic rings. The maximum atomic E-state index is 11.5. The predicted octanol–water partition coefficient (Wildman–Crippen LogP) is 1.20. The zero-order valence-corrected chi connectivity index (χ0v) is 8.29. The summed E-state index contributed by atoms with van der Waals surface area (Å²) < 4.78 is 0. The Morgan fingerprint density at radius 2 is 2.38 bits per heavy atom. The summed E-state index contributed by atoms with van der Waals surface area (Å²) in [6.07, 6.45) is 1.87. The quantitative estimate of drug-likeness (QED) is 0.641. The molecule has 0 amide bonds. The summed E-state index contributed by atoms with van der Waals surface area (Å²) >= 11 is 0. The van der Waals surface area contributed by atoms with Gasteiger partial charge in [-0.15, -0.1) is 0 Å². The molecular weight excluding hydrogens is 164 g/mol. The van der Waals surface area contributed by atoms with E-state index >= 15 is 0 Å². The number of likely N-dealkylation sites (tertiary alicyclic amines) is 1. The van der Waals surface area contributed by atoms with Crippen LogP contribution in [0.5, 0.6) is 0 Å². The molecule has 3 heteroatoms. The highest BCUT2D eigenvalue weighted by Crippen LogP contribution is 2.20. The zero-order chi connectivity index (χ0) is 9.84. The summed E-state index contributed by atoms with van der Waals surface area (Å²) in [4.78, 5) is 13.7. The van der Waals surface area contributed by atoms with Gasteiger partial charge in [0.2, 0.25) is 0 Å². The predicted molar refractivity (Wildman–Crippen MR) is 50.1 cm³/mol. The topological polar surface area (TPSA) is 44.1 Å². The molecule has 3 nitrogen and oxygen atoms in total. The van der Waals surface area contributed by atoms with Gasteiger partial charge in [0, 0.05) is 31.3 Å². The first-order valence-electron chi connectivity index (χ1n) is 4.75. The van der Waals surface area contributed by atoms with Crippen LogP contribution in [0.25, 0.3) is 0 Å². The minimum absolute atomic E-state index is 0.0980. The third-order valence-electron chi connectivity index (χ3n) is 2.82. The molecule has 0 spiro atoms. The summed E-state index contributed by atoms with van der Waals surface area (Å²) in [6, 6.07) is 2.46. The lowest BCUT2D eigenvalue weighted by molar-refractivity contribution is -0.127. The van der Waals surface area contributed by atoms with Crippen LogP contribution >= 0.6 is 0 Å². The molecule has 72 valence electrons. The number of nitriles is 1. The third-order valence-corrected chi connectivity index (χ3v) is 2.82. The van der Waals surface area contributed by atoms with Gasteiger partial charge in [0.05, 0.1) is 6.07 Å². The second-order valence-corrected chi connectivity index (χ2v) is 3.85. The van der Waals surface area contributed by atoms with Crippen LogP contribution < -0.4 is 0 Å². The molecule has 2 atom stereocenters. The molecule has 0 radical (unpaired) electrons. The molecule has 0 aliphatic carbocycles. The first-order valence-corrected chi connectivity index (χ1v) is 4.75. The lowest BCUT2D eigenvalue weighted by Crippen LogP contribution is -2.43. The third kappa shape index (κ3) is 2.53. The molecule has 13 heavy (non-hydrogen) atoms. The Kier molecular flexibility index (Phi) is 3.44. The summed E-state index contributed by atoms with van der Waals surface area (Å²) in [7, 11) is 2.04. The lowest BCUT2D eigenvalue weighted by atomic mass is 9.89. The largest absolute Gasteiger partial charge is 0.303 e. The molecule has 1 aliphatic rings. The van der Waals surface area contributed by atoms with Crippen molar-refractivity contribution in [2.24, 2.45) is 5.92 Å². The Bertz CT molecular complexity index is 232. The Labute approximate surface area is 79.3 Å². The van der Waals surface area contributed by atoms with E-state index < -0.39 is 0 Å². The van der Waals surface area contributed by atoms with Gasteiger partial charge >= 0.3 is 0 Å². The molecular formula is C10H16N2O. The van der Waals surface area contributed by atoms with Crippen molar-refractivity contribution < 1.29 is 4.79 Å². The van der Waals surface area contributed by atoms with Crippen molar-refractivity contribution in [3.63, 3.8) is 0 Å². The Balaban J connectivity index is 2.47. The lowest BCUT2D eigenvalue weighted by Gasteiger charge is -2.33. The monoisotopic (exact) mass is 180 g/mol. The molecule has 1 heterocycles. The zero-order valence-electron chi connectivity index (χ0n) is 8.29. The molecule has 0 bridgehead atoms. The number of rotatable bonds is 2. The van der Waals surface area contributed by atoms with Crippen LogP contribution in [0.1, 0.15) is 26.2 Å². The van der Waals surface area contributed by atoms with Crippen LogP contribution in [-0.4, -0.2) is 30.3 Å². The fraction of sp³-hybridized carbons (Fsp3) is 0.800. The van der Waals surface area contributed by atoms with Crippen molar-refractivity contribution in [3.8, 4) is 6.07 Å². The molecule has 2 unspecified atom stereocenters. The van der Waals surface area contributed by atoms with Crippen molar-refractivity contribution in [1.82, 2.24) is 4.90 Å². The van der Waals surface area contributed by atoms with E-state index in [-0.39, 0.29) is 5.92 Å². The summed E-state index contributed by atoms with van der Waals surface area (Å²) in [5.41, 5.74) is 0. The van der Waals surface area contributed by atoms with Gasteiger partial charge in [-0.3, -0.25) is 4.79 Å². The molecule has 1 saturated heterocycles. The molecule has 1 rings (SSSR count). The van der Waals surface area contributed by atoms with E-state index in [9.17, 15) is 4.79 Å². The molecule has 1 fully saturated rings. The van der Waals surface area contributed by atoms with E-state index in [1.807, 2.05) is 7.05 Å².